The van der Waals surface area contributed by atoms with Crippen molar-refractivity contribution in [2.24, 2.45) is 0 Å². The van der Waals surface area contributed by atoms with Crippen molar-refractivity contribution >= 4 is 33.5 Å². The molecule has 0 bridgehead atoms. The Morgan fingerprint density at radius 3 is 2.60 bits per heavy atom. The number of nitriles is 1. The first kappa shape index (κ1) is 14.6. The molecule has 5 heteroatoms. The molecule has 0 spiro atoms. The Labute approximate surface area is 129 Å². The second kappa shape index (κ2) is 6.56. The molecular weight excluding hydrogens is 342 g/mol. The van der Waals surface area contributed by atoms with Crippen LogP contribution in [0.25, 0.3) is 0 Å². The molecule has 0 amide bonds. The lowest BCUT2D eigenvalue weighted by Gasteiger charge is -2.07. The summed E-state index contributed by atoms with van der Waals surface area (Å²) in [6.07, 6.45) is 0. The summed E-state index contributed by atoms with van der Waals surface area (Å²) in [7, 11) is 0. The van der Waals surface area contributed by atoms with Crippen molar-refractivity contribution in [2.75, 3.05) is 0 Å². The molecule has 3 nitrogen and oxygen atoms in total. The summed E-state index contributed by atoms with van der Waals surface area (Å²) in [5, 5.41) is 9.04. The zero-order valence-corrected chi connectivity index (χ0v) is 12.6. The SMILES string of the molecule is N#Cc1ccc(COC(=O)c2cc(Br)ccc2Cl)cc1. The van der Waals surface area contributed by atoms with Gasteiger partial charge in [-0.25, -0.2) is 4.79 Å². The molecule has 20 heavy (non-hydrogen) atoms. The third kappa shape index (κ3) is 3.60. The normalized spacial score (nSPS) is 9.85. The first-order valence-corrected chi connectivity index (χ1v) is 6.88. The maximum absolute atomic E-state index is 11.9. The van der Waals surface area contributed by atoms with Gasteiger partial charge in [0.05, 0.1) is 22.2 Å². The fourth-order valence-corrected chi connectivity index (χ4v) is 2.11. The summed E-state index contributed by atoms with van der Waals surface area (Å²) in [5.74, 6) is -0.486. The molecule has 0 radical (unpaired) electrons. The van der Waals surface area contributed by atoms with Crippen LogP contribution in [0.1, 0.15) is 21.5 Å². The number of ether oxygens (including phenoxy) is 1. The minimum atomic E-state index is -0.486. The van der Waals surface area contributed by atoms with Crippen LogP contribution >= 0.6 is 27.5 Å². The van der Waals surface area contributed by atoms with Gasteiger partial charge in [-0.2, -0.15) is 5.26 Å². The second-order valence-corrected chi connectivity index (χ2v) is 5.33. The van der Waals surface area contributed by atoms with E-state index in [1.165, 1.54) is 0 Å². The second-order valence-electron chi connectivity index (χ2n) is 4.01. The summed E-state index contributed by atoms with van der Waals surface area (Å²) in [4.78, 5) is 11.9. The highest BCUT2D eigenvalue weighted by molar-refractivity contribution is 9.10. The number of rotatable bonds is 3. The van der Waals surface area contributed by atoms with Crippen LogP contribution in [0.2, 0.25) is 5.02 Å². The predicted molar refractivity (Wildman–Crippen MR) is 79.4 cm³/mol. The molecule has 0 aromatic heterocycles. The maximum Gasteiger partial charge on any atom is 0.340 e. The Kier molecular flexibility index (Phi) is 4.78. The number of hydrogen-bond acceptors (Lipinski definition) is 3. The Morgan fingerprint density at radius 1 is 1.25 bits per heavy atom. The van der Waals surface area contributed by atoms with Crippen LogP contribution in [-0.4, -0.2) is 5.97 Å². The molecule has 0 aliphatic carbocycles. The van der Waals surface area contributed by atoms with Crippen LogP contribution in [0.5, 0.6) is 0 Å². The zero-order valence-electron chi connectivity index (χ0n) is 10.3. The average Bonchev–Trinajstić information content (AvgIpc) is 2.47. The fraction of sp³-hybridized carbons (Fsp3) is 0.0667. The van der Waals surface area contributed by atoms with Gasteiger partial charge < -0.3 is 4.74 Å². The van der Waals surface area contributed by atoms with Crippen LogP contribution in [0.15, 0.2) is 46.9 Å². The van der Waals surface area contributed by atoms with Gasteiger partial charge in [-0.15, -0.1) is 0 Å². The minimum Gasteiger partial charge on any atom is -0.457 e. The van der Waals surface area contributed by atoms with Crippen LogP contribution in [0.4, 0.5) is 0 Å². The van der Waals surface area contributed by atoms with Crippen LogP contribution < -0.4 is 0 Å². The number of hydrogen-bond donors (Lipinski definition) is 0. The molecular formula is C15H9BrClNO2. The molecule has 100 valence electrons. The molecule has 0 aliphatic rings. The quantitative estimate of drug-likeness (QED) is 0.774. The third-order valence-electron chi connectivity index (χ3n) is 2.60. The summed E-state index contributed by atoms with van der Waals surface area (Å²) in [6.45, 7) is 0.132. The van der Waals surface area contributed by atoms with E-state index < -0.39 is 5.97 Å². The van der Waals surface area contributed by atoms with Gasteiger partial charge in [0.2, 0.25) is 0 Å². The molecule has 0 atom stereocenters. The fourth-order valence-electron chi connectivity index (χ4n) is 1.56. The van der Waals surface area contributed by atoms with E-state index in [1.807, 2.05) is 6.07 Å². The van der Waals surface area contributed by atoms with Gasteiger partial charge in [0.1, 0.15) is 6.61 Å². The summed E-state index contributed by atoms with van der Waals surface area (Å²) in [5.41, 5.74) is 1.69. The summed E-state index contributed by atoms with van der Waals surface area (Å²) >= 11 is 9.23. The van der Waals surface area contributed by atoms with Crippen molar-refractivity contribution in [1.82, 2.24) is 0 Å². The molecule has 0 fully saturated rings. The van der Waals surface area contributed by atoms with Gasteiger partial charge in [0.25, 0.3) is 0 Å². The monoisotopic (exact) mass is 349 g/mol. The number of esters is 1. The van der Waals surface area contributed by atoms with Crippen LogP contribution in [0.3, 0.4) is 0 Å². The summed E-state index contributed by atoms with van der Waals surface area (Å²) in [6, 6.07) is 13.9. The van der Waals surface area contributed by atoms with Crippen molar-refractivity contribution in [3.05, 3.63) is 68.7 Å². The predicted octanol–water partition coefficient (Wildman–Crippen LogP) is 4.33. The number of carbonyl (C=O) groups excluding carboxylic acids is 1. The van der Waals surface area contributed by atoms with Gasteiger partial charge >= 0.3 is 5.97 Å². The first-order valence-electron chi connectivity index (χ1n) is 5.71. The van der Waals surface area contributed by atoms with Gasteiger partial charge in [0.15, 0.2) is 0 Å². The van der Waals surface area contributed by atoms with Gasteiger partial charge in [-0.3, -0.25) is 0 Å². The number of benzene rings is 2. The molecule has 2 aromatic rings. The molecule has 0 heterocycles. The Bertz CT molecular complexity index is 677. The van der Waals surface area contributed by atoms with Crippen molar-refractivity contribution in [1.29, 1.82) is 5.26 Å². The molecule has 0 aliphatic heterocycles. The van der Waals surface area contributed by atoms with Crippen molar-refractivity contribution in [3.63, 3.8) is 0 Å². The molecule has 0 saturated heterocycles. The lowest BCUT2D eigenvalue weighted by molar-refractivity contribution is 0.0473. The standard InChI is InChI=1S/C15H9BrClNO2/c16-12-5-6-14(17)13(7-12)15(19)20-9-11-3-1-10(8-18)2-4-11/h1-7H,9H2. The van der Waals surface area contributed by atoms with E-state index in [0.29, 0.717) is 16.1 Å². The van der Waals surface area contributed by atoms with Gasteiger partial charge in [0, 0.05) is 4.47 Å². The maximum atomic E-state index is 11.9. The van der Waals surface area contributed by atoms with E-state index in [2.05, 4.69) is 15.9 Å². The third-order valence-corrected chi connectivity index (χ3v) is 3.42. The van der Waals surface area contributed by atoms with E-state index in [9.17, 15) is 4.79 Å². The van der Waals surface area contributed by atoms with Crippen molar-refractivity contribution < 1.29 is 9.53 Å². The Morgan fingerprint density at radius 2 is 1.95 bits per heavy atom. The Hall–Kier alpha value is -1.83. The molecule has 2 rings (SSSR count). The molecule has 0 unspecified atom stereocenters. The first-order chi connectivity index (χ1) is 9.60. The smallest absolute Gasteiger partial charge is 0.340 e. The van der Waals surface area contributed by atoms with E-state index in [4.69, 9.17) is 21.6 Å². The van der Waals surface area contributed by atoms with Crippen LogP contribution in [0, 0.1) is 11.3 Å². The largest absolute Gasteiger partial charge is 0.457 e. The Balaban J connectivity index is 2.04. The number of nitrogens with zero attached hydrogens (tertiary/aromatic N) is 1. The molecule has 0 N–H and O–H groups in total. The number of halogens is 2. The van der Waals surface area contributed by atoms with Crippen LogP contribution in [-0.2, 0) is 11.3 Å². The highest BCUT2D eigenvalue weighted by Gasteiger charge is 2.12. The average molecular weight is 351 g/mol. The topological polar surface area (TPSA) is 50.1 Å². The molecule has 2 aromatic carbocycles. The highest BCUT2D eigenvalue weighted by Crippen LogP contribution is 2.22. The van der Waals surface area contributed by atoms with E-state index in [1.54, 1.807) is 42.5 Å². The number of carbonyl (C=O) groups is 1. The highest BCUT2D eigenvalue weighted by atomic mass is 79.9. The lowest BCUT2D eigenvalue weighted by atomic mass is 10.1. The lowest BCUT2D eigenvalue weighted by Crippen LogP contribution is -2.06. The van der Waals surface area contributed by atoms with E-state index in [-0.39, 0.29) is 6.61 Å². The zero-order chi connectivity index (χ0) is 14.5. The van der Waals surface area contributed by atoms with E-state index >= 15 is 0 Å². The van der Waals surface area contributed by atoms with Gasteiger partial charge in [-0.1, -0.05) is 39.7 Å². The van der Waals surface area contributed by atoms with Gasteiger partial charge in [-0.05, 0) is 35.9 Å². The molecule has 0 saturated carbocycles. The van der Waals surface area contributed by atoms with E-state index in [0.717, 1.165) is 10.0 Å². The van der Waals surface area contributed by atoms with Crippen molar-refractivity contribution in [3.8, 4) is 6.07 Å². The minimum absolute atomic E-state index is 0.132. The summed E-state index contributed by atoms with van der Waals surface area (Å²) < 4.78 is 5.95. The van der Waals surface area contributed by atoms with Crippen molar-refractivity contribution in [2.45, 2.75) is 6.61 Å².